The SMILES string of the molecule is Cc1ccc(S(=O)(=O)S([O])(=O)=O)cc1. The second-order valence-corrected chi connectivity index (χ2v) is 7.41. The van der Waals surface area contributed by atoms with Gasteiger partial charge in [0.05, 0.1) is 4.90 Å². The summed E-state index contributed by atoms with van der Waals surface area (Å²) < 4.78 is 53.3. The van der Waals surface area contributed by atoms with Crippen molar-refractivity contribution in [2.24, 2.45) is 0 Å². The number of aryl methyl sites for hydroxylation is 1. The molecule has 0 atom stereocenters. The minimum Gasteiger partial charge on any atom is -0.205 e. The van der Waals surface area contributed by atoms with Crippen LogP contribution in [0, 0.1) is 6.92 Å². The molecule has 1 aromatic rings. The third-order valence-electron chi connectivity index (χ3n) is 1.58. The van der Waals surface area contributed by atoms with Gasteiger partial charge in [-0.05, 0) is 19.1 Å². The van der Waals surface area contributed by atoms with Crippen molar-refractivity contribution in [3.05, 3.63) is 29.8 Å². The molecule has 0 N–H and O–H groups in total. The first-order valence-corrected chi connectivity index (χ1v) is 6.93. The molecule has 0 aromatic heterocycles. The monoisotopic (exact) mass is 235 g/mol. The first-order valence-electron chi connectivity index (χ1n) is 3.53. The van der Waals surface area contributed by atoms with E-state index >= 15 is 0 Å². The highest BCUT2D eigenvalue weighted by Gasteiger charge is 2.30. The van der Waals surface area contributed by atoms with E-state index in [-0.39, 0.29) is 0 Å². The van der Waals surface area contributed by atoms with Crippen LogP contribution in [0.2, 0.25) is 0 Å². The van der Waals surface area contributed by atoms with Gasteiger partial charge in [0.1, 0.15) is 0 Å². The van der Waals surface area contributed by atoms with Crippen molar-refractivity contribution in [3.8, 4) is 0 Å². The lowest BCUT2D eigenvalue weighted by Crippen LogP contribution is -2.12. The maximum Gasteiger partial charge on any atom is 0.406 e. The fourth-order valence-corrected chi connectivity index (χ4v) is 2.57. The molecule has 14 heavy (non-hydrogen) atoms. The average Bonchev–Trinajstić information content (AvgIpc) is 2.03. The van der Waals surface area contributed by atoms with E-state index in [1.807, 2.05) is 0 Å². The quantitative estimate of drug-likeness (QED) is 0.696. The summed E-state index contributed by atoms with van der Waals surface area (Å²) in [5.41, 5.74) is 0.771. The fourth-order valence-electron chi connectivity index (χ4n) is 0.823. The smallest absolute Gasteiger partial charge is 0.205 e. The van der Waals surface area contributed by atoms with Gasteiger partial charge >= 0.3 is 18.0 Å². The predicted molar refractivity (Wildman–Crippen MR) is 48.0 cm³/mol. The summed E-state index contributed by atoms with van der Waals surface area (Å²) in [6.45, 7) is 1.71. The molecule has 0 saturated carbocycles. The molecule has 1 aromatic carbocycles. The molecular formula is C7H7O5S2. The number of rotatable bonds is 2. The van der Waals surface area contributed by atoms with E-state index in [0.29, 0.717) is 0 Å². The molecule has 0 aliphatic heterocycles. The number of hydrogen-bond acceptors (Lipinski definition) is 4. The van der Waals surface area contributed by atoms with Crippen molar-refractivity contribution in [2.45, 2.75) is 11.8 Å². The molecule has 0 heterocycles. The number of hydrogen-bond donors (Lipinski definition) is 0. The van der Waals surface area contributed by atoms with E-state index in [9.17, 15) is 21.4 Å². The largest absolute Gasteiger partial charge is 0.406 e. The first kappa shape index (κ1) is 11.2. The van der Waals surface area contributed by atoms with Crippen LogP contribution >= 0.6 is 0 Å². The van der Waals surface area contributed by atoms with Gasteiger partial charge in [0.2, 0.25) is 0 Å². The zero-order chi connectivity index (χ0) is 11.0. The second-order valence-electron chi connectivity index (χ2n) is 2.68. The van der Waals surface area contributed by atoms with Crippen LogP contribution < -0.4 is 0 Å². The van der Waals surface area contributed by atoms with Crippen molar-refractivity contribution in [1.29, 1.82) is 0 Å². The molecule has 0 aliphatic carbocycles. The van der Waals surface area contributed by atoms with E-state index < -0.39 is 22.9 Å². The second kappa shape index (κ2) is 3.34. The minimum absolute atomic E-state index is 0.502. The zero-order valence-corrected chi connectivity index (χ0v) is 8.80. The highest BCUT2D eigenvalue weighted by Crippen LogP contribution is 2.16. The third kappa shape index (κ3) is 1.94. The van der Waals surface area contributed by atoms with E-state index in [1.165, 1.54) is 12.1 Å². The van der Waals surface area contributed by atoms with Crippen molar-refractivity contribution in [3.63, 3.8) is 0 Å². The lowest BCUT2D eigenvalue weighted by molar-refractivity contribution is 0.426. The van der Waals surface area contributed by atoms with Crippen LogP contribution in [0.15, 0.2) is 29.2 Å². The van der Waals surface area contributed by atoms with E-state index in [2.05, 4.69) is 0 Å². The van der Waals surface area contributed by atoms with Crippen LogP contribution in [0.5, 0.6) is 0 Å². The molecule has 7 heteroatoms. The Morgan fingerprint density at radius 2 is 1.36 bits per heavy atom. The average molecular weight is 235 g/mol. The van der Waals surface area contributed by atoms with Crippen molar-refractivity contribution >= 4 is 18.0 Å². The van der Waals surface area contributed by atoms with Gasteiger partial charge in [0.25, 0.3) is 0 Å². The topological polar surface area (TPSA) is 88.2 Å². The summed E-state index contributed by atoms with van der Waals surface area (Å²) in [6, 6.07) is 5.00. The predicted octanol–water partition coefficient (Wildman–Crippen LogP) is 0.444. The molecule has 0 bridgehead atoms. The molecular weight excluding hydrogens is 228 g/mol. The summed E-state index contributed by atoms with van der Waals surface area (Å²) >= 11 is 0. The molecule has 1 radical (unpaired) electrons. The van der Waals surface area contributed by atoms with Gasteiger partial charge in [0.15, 0.2) is 0 Å². The minimum atomic E-state index is -5.35. The Labute approximate surface area is 81.5 Å². The van der Waals surface area contributed by atoms with Gasteiger partial charge in [-0.2, -0.15) is 8.42 Å². The Bertz CT molecular complexity index is 524. The van der Waals surface area contributed by atoms with Crippen LogP contribution in [-0.2, 0) is 22.6 Å². The van der Waals surface area contributed by atoms with Crippen molar-refractivity contribution in [2.75, 3.05) is 0 Å². The van der Waals surface area contributed by atoms with Crippen LogP contribution in [-0.4, -0.2) is 16.8 Å². The highest BCUT2D eigenvalue weighted by atomic mass is 33.2. The molecule has 1 rings (SSSR count). The lowest BCUT2D eigenvalue weighted by Gasteiger charge is -1.99. The number of benzene rings is 1. The van der Waals surface area contributed by atoms with Gasteiger partial charge in [0, 0.05) is 0 Å². The molecule has 0 amide bonds. The van der Waals surface area contributed by atoms with E-state index in [4.69, 9.17) is 0 Å². The Hall–Kier alpha value is -0.920. The summed E-state index contributed by atoms with van der Waals surface area (Å²) in [5.74, 6) is 0. The van der Waals surface area contributed by atoms with Crippen molar-refractivity contribution < 1.29 is 21.4 Å². The van der Waals surface area contributed by atoms with Gasteiger partial charge in [-0.3, -0.25) is 0 Å². The summed E-state index contributed by atoms with van der Waals surface area (Å²) in [5, 5.41) is 0. The fraction of sp³-hybridized carbons (Fsp3) is 0.143. The Kier molecular flexibility index (Phi) is 2.66. The molecule has 0 fully saturated rings. The highest BCUT2D eigenvalue weighted by molar-refractivity contribution is 8.64. The van der Waals surface area contributed by atoms with E-state index in [0.717, 1.165) is 17.7 Å². The van der Waals surface area contributed by atoms with Crippen LogP contribution in [0.25, 0.3) is 0 Å². The maximum absolute atomic E-state index is 11.1. The Balaban J connectivity index is 3.40. The Morgan fingerprint density at radius 1 is 0.929 bits per heavy atom. The molecule has 77 valence electrons. The van der Waals surface area contributed by atoms with Gasteiger partial charge in [-0.25, -0.2) is 8.42 Å². The summed E-state index contributed by atoms with van der Waals surface area (Å²) in [6.07, 6.45) is 0. The Morgan fingerprint density at radius 3 is 1.71 bits per heavy atom. The maximum atomic E-state index is 11.1. The molecule has 0 saturated heterocycles. The summed E-state index contributed by atoms with van der Waals surface area (Å²) in [4.78, 5) is -0.502. The zero-order valence-electron chi connectivity index (χ0n) is 7.17. The standard InChI is InChI=1S/C7H7O5S2/c1-6-2-4-7(5-3-6)13(8,9)14(10,11)12/h2-5H,1H3. The molecule has 5 nitrogen and oxygen atoms in total. The van der Waals surface area contributed by atoms with E-state index in [1.54, 1.807) is 6.92 Å². The lowest BCUT2D eigenvalue weighted by atomic mass is 10.2. The van der Waals surface area contributed by atoms with Crippen LogP contribution in [0.1, 0.15) is 5.56 Å². The normalized spacial score (nSPS) is 12.7. The molecule has 0 aliphatic rings. The van der Waals surface area contributed by atoms with Crippen LogP contribution in [0.3, 0.4) is 0 Å². The molecule has 0 unspecified atom stereocenters. The summed E-state index contributed by atoms with van der Waals surface area (Å²) in [7, 11) is -10.1. The first-order chi connectivity index (χ1) is 6.25. The van der Waals surface area contributed by atoms with Gasteiger partial charge < -0.3 is 0 Å². The third-order valence-corrected chi connectivity index (χ3v) is 5.16. The van der Waals surface area contributed by atoms with Gasteiger partial charge in [-0.15, -0.1) is 0 Å². The van der Waals surface area contributed by atoms with Crippen LogP contribution in [0.4, 0.5) is 0 Å². The molecule has 0 spiro atoms. The van der Waals surface area contributed by atoms with Crippen molar-refractivity contribution in [1.82, 2.24) is 0 Å². The van der Waals surface area contributed by atoms with Gasteiger partial charge in [-0.1, -0.05) is 22.2 Å².